The summed E-state index contributed by atoms with van der Waals surface area (Å²) in [5.74, 6) is 28.0. The summed E-state index contributed by atoms with van der Waals surface area (Å²) in [7, 11) is 0. The van der Waals surface area contributed by atoms with E-state index < -0.39 is 45.8 Å². The maximum absolute atomic E-state index is 14.1. The van der Waals surface area contributed by atoms with Gasteiger partial charge in [0.1, 0.15) is 101 Å². The van der Waals surface area contributed by atoms with Gasteiger partial charge in [-0.3, -0.25) is 19.2 Å². The minimum Gasteiger partial charge on any atom is -0.366 e. The third kappa shape index (κ3) is 38.2. The molecule has 0 heterocycles. The van der Waals surface area contributed by atoms with Gasteiger partial charge in [-0.15, -0.1) is 124 Å². The predicted octanol–water partition coefficient (Wildman–Crippen LogP) is 1.84. The van der Waals surface area contributed by atoms with Crippen LogP contribution in [0.2, 0.25) is 0 Å². The quantitative estimate of drug-likeness (QED) is 0.0539. The van der Waals surface area contributed by atoms with Gasteiger partial charge in [0, 0.05) is 23.0 Å². The number of nitrogens with one attached hydrogen (secondary N) is 4. The highest BCUT2D eigenvalue weighted by molar-refractivity contribution is 8.00. The van der Waals surface area contributed by atoms with Gasteiger partial charge in [-0.1, -0.05) is 83.2 Å². The van der Waals surface area contributed by atoms with Crippen LogP contribution in [0.25, 0.3) is 0 Å². The van der Waals surface area contributed by atoms with Crippen LogP contribution in [-0.2, 0) is 99.0 Å². The number of terminal acetylenes is 12. The molecule has 1 rings (SSSR count). The molecule has 4 N–H and O–H groups in total. The first-order chi connectivity index (χ1) is 45.7. The van der Waals surface area contributed by atoms with Gasteiger partial charge in [0.25, 0.3) is 0 Å². The van der Waals surface area contributed by atoms with E-state index in [1.165, 1.54) is 47.0 Å². The van der Waals surface area contributed by atoms with Crippen molar-refractivity contribution in [1.82, 2.24) is 21.3 Å². The summed E-state index contributed by atoms with van der Waals surface area (Å²) in [5.41, 5.74) is -1.89. The Hall–Kier alpha value is -7.26. The number of hydrogen-bond acceptors (Lipinski definition) is 20. The zero-order chi connectivity index (χ0) is 69.3. The molecule has 0 fully saturated rings. The summed E-state index contributed by atoms with van der Waals surface area (Å²) < 4.78 is 68.5. The van der Waals surface area contributed by atoms with Crippen molar-refractivity contribution in [3.8, 4) is 148 Å². The molecule has 0 spiro atoms. The van der Waals surface area contributed by atoms with Gasteiger partial charge in [-0.25, -0.2) is 0 Å². The topological polar surface area (TPSA) is 227 Å². The molecule has 0 radical (unpaired) electrons. The third-order valence-corrected chi connectivity index (χ3v) is 15.8. The molecule has 0 saturated carbocycles. The number of ether oxygens (including phenoxy) is 12. The van der Waals surface area contributed by atoms with Crippen LogP contribution in [0.1, 0.15) is 22.3 Å². The second-order valence-electron chi connectivity index (χ2n) is 20.0. The molecule has 94 heavy (non-hydrogen) atoms. The van der Waals surface area contributed by atoms with Crippen LogP contribution >= 0.6 is 47.0 Å². The molecular weight excluding hydrogens is 1280 g/mol. The van der Waals surface area contributed by atoms with E-state index in [4.69, 9.17) is 134 Å². The fourth-order valence-electron chi connectivity index (χ4n) is 8.27. The molecule has 0 bridgehead atoms. The van der Waals surface area contributed by atoms with Crippen molar-refractivity contribution in [2.45, 2.75) is 45.2 Å². The molecule has 502 valence electrons. The third-order valence-electron chi connectivity index (χ3n) is 11.9. The predicted molar refractivity (Wildman–Crippen MR) is 370 cm³/mol. The van der Waals surface area contributed by atoms with Crippen LogP contribution in [0, 0.1) is 148 Å². The summed E-state index contributed by atoms with van der Waals surface area (Å²) in [4.78, 5) is 56.2. The van der Waals surface area contributed by atoms with E-state index in [0.717, 1.165) is 22.3 Å². The molecule has 20 nitrogen and oxygen atoms in total. The fraction of sp³-hybridized carbons (Fsp3) is 0.514. The smallest absolute Gasteiger partial charge is 0.230 e. The summed E-state index contributed by atoms with van der Waals surface area (Å²) >= 11 is 5.13. The zero-order valence-electron chi connectivity index (χ0n) is 52.9. The normalized spacial score (nSPS) is 10.9. The first kappa shape index (κ1) is 84.8. The van der Waals surface area contributed by atoms with Crippen molar-refractivity contribution in [1.29, 1.82) is 0 Å². The minimum absolute atomic E-state index is 0.0704. The fourth-order valence-corrected chi connectivity index (χ4v) is 11.7. The summed E-state index contributed by atoms with van der Waals surface area (Å²) in [6.45, 7) is -2.06. The Morgan fingerprint density at radius 2 is 0.394 bits per heavy atom. The first-order valence-corrected chi connectivity index (χ1v) is 33.1. The van der Waals surface area contributed by atoms with E-state index in [9.17, 15) is 19.2 Å². The van der Waals surface area contributed by atoms with Gasteiger partial charge in [0.15, 0.2) is 0 Å². The number of benzene rings is 1. The molecule has 0 atom stereocenters. The Balaban J connectivity index is 4.11. The monoisotopic (exact) mass is 1360 g/mol. The van der Waals surface area contributed by atoms with Crippen LogP contribution in [0.5, 0.6) is 0 Å². The molecule has 1 aromatic rings. The Labute approximate surface area is 573 Å². The Kier molecular flexibility index (Phi) is 48.7. The number of amides is 4. The molecule has 0 aromatic heterocycles. The van der Waals surface area contributed by atoms with Crippen LogP contribution in [-0.4, -0.2) is 227 Å². The van der Waals surface area contributed by atoms with Crippen LogP contribution in [0.4, 0.5) is 0 Å². The lowest BCUT2D eigenvalue weighted by atomic mass is 10.0. The maximum Gasteiger partial charge on any atom is 0.230 e. The summed E-state index contributed by atoms with van der Waals surface area (Å²) in [6, 6.07) is 3.94. The average Bonchev–Trinajstić information content (AvgIpc) is 1.07. The zero-order valence-corrected chi connectivity index (χ0v) is 56.1. The van der Waals surface area contributed by atoms with Crippen molar-refractivity contribution in [2.75, 3.05) is 182 Å². The molecular formula is C70H82N4O16S4. The van der Waals surface area contributed by atoms with Gasteiger partial charge in [0.2, 0.25) is 23.6 Å². The van der Waals surface area contributed by atoms with Crippen molar-refractivity contribution in [2.24, 2.45) is 0 Å². The van der Waals surface area contributed by atoms with E-state index in [1.807, 2.05) is 12.1 Å². The van der Waals surface area contributed by atoms with Crippen LogP contribution in [0.15, 0.2) is 12.1 Å². The lowest BCUT2D eigenvalue weighted by Crippen LogP contribution is -2.59. The van der Waals surface area contributed by atoms with E-state index in [-0.39, 0.29) is 205 Å². The van der Waals surface area contributed by atoms with Crippen molar-refractivity contribution >= 4 is 70.7 Å². The second kappa shape index (κ2) is 54.0. The molecule has 4 amide bonds. The average molecular weight is 1360 g/mol. The number of thioether (sulfide) groups is 4. The van der Waals surface area contributed by atoms with Gasteiger partial charge in [-0.2, -0.15) is 0 Å². The largest absolute Gasteiger partial charge is 0.366 e. The summed E-state index contributed by atoms with van der Waals surface area (Å²) in [6.07, 6.45) is 65.9. The van der Waals surface area contributed by atoms with Crippen molar-refractivity contribution < 1.29 is 76.0 Å². The second-order valence-corrected chi connectivity index (χ2v) is 24.0. The number of rotatable bonds is 56. The molecule has 24 heteroatoms. The van der Waals surface area contributed by atoms with Crippen molar-refractivity contribution in [3.63, 3.8) is 0 Å². The van der Waals surface area contributed by atoms with Gasteiger partial charge >= 0.3 is 0 Å². The highest BCUT2D eigenvalue weighted by Gasteiger charge is 2.37. The molecule has 0 saturated heterocycles. The first-order valence-electron chi connectivity index (χ1n) is 28.5. The van der Waals surface area contributed by atoms with Gasteiger partial charge < -0.3 is 78.1 Å². The van der Waals surface area contributed by atoms with Crippen LogP contribution in [0.3, 0.4) is 0 Å². The highest BCUT2D eigenvalue weighted by Crippen LogP contribution is 2.31. The van der Waals surface area contributed by atoms with Crippen LogP contribution < -0.4 is 21.3 Å². The maximum atomic E-state index is 14.1. The molecule has 0 unspecified atom stereocenters. The number of carbonyl (C=O) groups excluding carboxylic acids is 4. The Morgan fingerprint density at radius 3 is 0.511 bits per heavy atom. The lowest BCUT2D eigenvalue weighted by molar-refractivity contribution is -0.125. The SMILES string of the molecule is C#CCOCC(COCC#C)(COCC#C)NC(=O)CSCc1cc(CSCC(=O)NC(COCC#C)(COCC#C)COCC#C)c(CSCC(=O)NC(COCC#C)(COCC#C)COCC#C)cc1CSCC(=O)NC(COCC#C)(COCC#C)COCC#C. The number of hydrogen-bond donors (Lipinski definition) is 4. The Morgan fingerprint density at radius 1 is 0.266 bits per heavy atom. The lowest BCUT2D eigenvalue weighted by Gasteiger charge is -2.33. The summed E-state index contributed by atoms with van der Waals surface area (Å²) in [5, 5.41) is 12.0. The molecule has 0 aliphatic carbocycles. The minimum atomic E-state index is -1.25. The van der Waals surface area contributed by atoms with E-state index in [0.29, 0.717) is 0 Å². The van der Waals surface area contributed by atoms with E-state index in [2.05, 4.69) is 92.3 Å². The molecule has 0 aliphatic rings. The standard InChI is InChI=1S/C70H82N4O16S4/c1-13-25-79-47-67(48-80-26-14-2,49-81-27-15-3)71-63(75)43-91-39-59-37-61(41-93-45-65(77)73-69(53-85-31-19-7,54-86-32-20-8)55-87-33-21-9)62(42-94-46-66(78)74-70(56-88-34-22-10,57-89-35-23-11)58-90-36-24-12)38-60(59)40-92-44-64(76)72-68(50-82-28-16-4,51-83-29-17-5)52-84-30-18-6/h1-12,37-38H,25-36,39-58H2,(H,71,75)(H,72,76)(H,73,77)(H,74,78). The van der Waals surface area contributed by atoms with E-state index in [1.54, 1.807) is 0 Å². The van der Waals surface area contributed by atoms with Crippen molar-refractivity contribution in [3.05, 3.63) is 34.4 Å². The number of carbonyl (C=O) groups is 4. The Bertz CT molecular complexity index is 2410. The molecule has 0 aliphatic heterocycles. The molecule has 1 aromatic carbocycles. The highest BCUT2D eigenvalue weighted by atomic mass is 32.2. The van der Waals surface area contributed by atoms with Gasteiger partial charge in [0.05, 0.1) is 102 Å². The van der Waals surface area contributed by atoms with Gasteiger partial charge in [-0.05, 0) is 22.3 Å². The van der Waals surface area contributed by atoms with E-state index >= 15 is 0 Å².